The second kappa shape index (κ2) is 10.6. The quantitative estimate of drug-likeness (QED) is 0.564. The average Bonchev–Trinajstić information content (AvgIpc) is 3.29. The topological polar surface area (TPSA) is 74.8 Å². The van der Waals surface area contributed by atoms with Crippen molar-refractivity contribution in [1.82, 2.24) is 20.2 Å². The summed E-state index contributed by atoms with van der Waals surface area (Å²) in [6.45, 7) is 4.14. The summed E-state index contributed by atoms with van der Waals surface area (Å²) >= 11 is 0. The molecule has 3 heterocycles. The zero-order valence-electron chi connectivity index (χ0n) is 17.8. The van der Waals surface area contributed by atoms with E-state index in [9.17, 15) is 0 Å². The molecule has 7 heteroatoms. The van der Waals surface area contributed by atoms with E-state index in [1.165, 1.54) is 12.8 Å². The van der Waals surface area contributed by atoms with Gasteiger partial charge in [0, 0.05) is 26.7 Å². The normalized spacial score (nSPS) is 21.0. The molecule has 30 heavy (non-hydrogen) atoms. The molecule has 1 aromatic carbocycles. The van der Waals surface area contributed by atoms with Crippen LogP contribution in [0.5, 0.6) is 0 Å². The van der Waals surface area contributed by atoms with Crippen LogP contribution in [0.2, 0.25) is 0 Å². The summed E-state index contributed by atoms with van der Waals surface area (Å²) in [4.78, 5) is 14.7. The van der Waals surface area contributed by atoms with Gasteiger partial charge in [0.05, 0.1) is 37.3 Å². The molecule has 1 unspecified atom stereocenters. The zero-order valence-corrected chi connectivity index (χ0v) is 17.8. The van der Waals surface area contributed by atoms with E-state index < -0.39 is 0 Å². The smallest absolute Gasteiger partial charge is 0.194 e. The van der Waals surface area contributed by atoms with E-state index in [1.807, 2.05) is 31.4 Å². The number of aromatic amines is 1. The van der Waals surface area contributed by atoms with Crippen molar-refractivity contribution in [1.29, 1.82) is 0 Å². The van der Waals surface area contributed by atoms with Crippen LogP contribution in [0.25, 0.3) is 11.3 Å². The third-order valence-corrected chi connectivity index (χ3v) is 5.87. The number of nitrogens with zero attached hydrogens (tertiary/aromatic N) is 3. The molecule has 2 aliphatic heterocycles. The Hall–Kier alpha value is -2.38. The number of rotatable bonds is 6. The van der Waals surface area contributed by atoms with Gasteiger partial charge in [-0.2, -0.15) is 0 Å². The molecule has 0 saturated carbocycles. The molecule has 1 aromatic heterocycles. The number of hydrogen-bond donors (Lipinski definition) is 2. The predicted molar refractivity (Wildman–Crippen MR) is 118 cm³/mol. The van der Waals surface area contributed by atoms with Crippen LogP contribution in [-0.2, 0) is 16.0 Å². The maximum atomic E-state index is 6.13. The van der Waals surface area contributed by atoms with Crippen molar-refractivity contribution in [2.45, 2.75) is 50.9 Å². The Morgan fingerprint density at radius 3 is 2.80 bits per heavy atom. The summed E-state index contributed by atoms with van der Waals surface area (Å²) in [7, 11) is 1.84. The van der Waals surface area contributed by atoms with Gasteiger partial charge in [-0.15, -0.1) is 0 Å². The highest BCUT2D eigenvalue weighted by molar-refractivity contribution is 5.79. The van der Waals surface area contributed by atoms with Crippen LogP contribution in [0.3, 0.4) is 0 Å². The number of guanidine groups is 1. The molecule has 0 spiro atoms. The van der Waals surface area contributed by atoms with Gasteiger partial charge in [-0.25, -0.2) is 4.98 Å². The first-order valence-corrected chi connectivity index (χ1v) is 11.1. The fourth-order valence-corrected chi connectivity index (χ4v) is 4.13. The molecule has 0 radical (unpaired) electrons. The molecule has 0 bridgehead atoms. The fourth-order valence-electron chi connectivity index (χ4n) is 4.13. The number of aliphatic imine (C=N–C) groups is 1. The number of imidazole rings is 1. The summed E-state index contributed by atoms with van der Waals surface area (Å²) in [5.74, 6) is 1.82. The van der Waals surface area contributed by atoms with E-state index in [0.29, 0.717) is 18.8 Å². The SMILES string of the molecule is CN=C(NCc1ncc(-c2ccccc2)[nH]1)N1CCC(OCC2CCCCO2)CC1. The first-order chi connectivity index (χ1) is 14.8. The summed E-state index contributed by atoms with van der Waals surface area (Å²) in [6.07, 6.45) is 8.12. The second-order valence-corrected chi connectivity index (χ2v) is 8.02. The van der Waals surface area contributed by atoms with E-state index in [4.69, 9.17) is 9.47 Å². The standard InChI is InChI=1S/C23H33N5O2/c1-24-23(26-16-22-25-15-21(27-22)18-7-3-2-4-8-18)28-12-10-19(11-13-28)30-17-20-9-5-6-14-29-20/h2-4,7-8,15,19-20H,5-6,9-14,16-17H2,1H3,(H,24,26)(H,25,27). The van der Waals surface area contributed by atoms with E-state index in [1.54, 1.807) is 0 Å². The molecular weight excluding hydrogens is 378 g/mol. The van der Waals surface area contributed by atoms with Gasteiger partial charge in [-0.3, -0.25) is 4.99 Å². The Bertz CT molecular complexity index is 793. The molecule has 162 valence electrons. The van der Waals surface area contributed by atoms with Crippen molar-refractivity contribution in [2.24, 2.45) is 4.99 Å². The van der Waals surface area contributed by atoms with Crippen molar-refractivity contribution in [2.75, 3.05) is 33.4 Å². The first kappa shape index (κ1) is 20.9. The van der Waals surface area contributed by atoms with Gasteiger partial charge >= 0.3 is 0 Å². The average molecular weight is 412 g/mol. The lowest BCUT2D eigenvalue weighted by Crippen LogP contribution is -2.47. The summed E-state index contributed by atoms with van der Waals surface area (Å²) in [5.41, 5.74) is 2.17. The number of hydrogen-bond acceptors (Lipinski definition) is 4. The van der Waals surface area contributed by atoms with Crippen molar-refractivity contribution in [3.05, 3.63) is 42.4 Å². The molecule has 2 fully saturated rings. The predicted octanol–water partition coefficient (Wildman–Crippen LogP) is 3.20. The number of likely N-dealkylation sites (tertiary alicyclic amines) is 1. The highest BCUT2D eigenvalue weighted by Crippen LogP contribution is 2.18. The fraction of sp³-hybridized carbons (Fsp3) is 0.565. The molecule has 7 nitrogen and oxygen atoms in total. The molecule has 4 rings (SSSR count). The van der Waals surface area contributed by atoms with Gasteiger partial charge in [-0.1, -0.05) is 30.3 Å². The van der Waals surface area contributed by atoms with Crippen molar-refractivity contribution < 1.29 is 9.47 Å². The molecule has 2 aromatic rings. The minimum atomic E-state index is 0.292. The minimum absolute atomic E-state index is 0.292. The summed E-state index contributed by atoms with van der Waals surface area (Å²) in [6, 6.07) is 10.2. The maximum Gasteiger partial charge on any atom is 0.194 e. The van der Waals surface area contributed by atoms with Crippen molar-refractivity contribution in [3.63, 3.8) is 0 Å². The third-order valence-electron chi connectivity index (χ3n) is 5.87. The molecule has 2 N–H and O–H groups in total. The van der Waals surface area contributed by atoms with E-state index in [2.05, 4.69) is 37.3 Å². The number of piperidine rings is 1. The van der Waals surface area contributed by atoms with Crippen LogP contribution in [0, 0.1) is 0 Å². The number of nitrogens with one attached hydrogen (secondary N) is 2. The molecule has 1 atom stereocenters. The Morgan fingerprint density at radius 1 is 1.23 bits per heavy atom. The highest BCUT2D eigenvalue weighted by Gasteiger charge is 2.23. The lowest BCUT2D eigenvalue weighted by molar-refractivity contribution is -0.0721. The minimum Gasteiger partial charge on any atom is -0.376 e. The third kappa shape index (κ3) is 5.61. The van der Waals surface area contributed by atoms with Gasteiger partial charge in [0.1, 0.15) is 5.82 Å². The molecule has 0 amide bonds. The first-order valence-electron chi connectivity index (χ1n) is 11.1. The Kier molecular flexibility index (Phi) is 7.37. The lowest BCUT2D eigenvalue weighted by Gasteiger charge is -2.35. The summed E-state index contributed by atoms with van der Waals surface area (Å²) < 4.78 is 11.9. The number of benzene rings is 1. The number of H-pyrrole nitrogens is 1. The number of ether oxygens (including phenoxy) is 2. The van der Waals surface area contributed by atoms with Gasteiger partial charge in [0.15, 0.2) is 5.96 Å². The molecule has 2 saturated heterocycles. The van der Waals surface area contributed by atoms with E-state index in [-0.39, 0.29) is 0 Å². The van der Waals surface area contributed by atoms with Gasteiger partial charge in [-0.05, 0) is 37.7 Å². The molecule has 0 aliphatic carbocycles. The van der Waals surface area contributed by atoms with Gasteiger partial charge < -0.3 is 24.7 Å². The Balaban J connectivity index is 1.21. The van der Waals surface area contributed by atoms with E-state index in [0.717, 1.165) is 68.6 Å². The van der Waals surface area contributed by atoms with Gasteiger partial charge in [0.25, 0.3) is 0 Å². The van der Waals surface area contributed by atoms with Gasteiger partial charge in [0.2, 0.25) is 0 Å². The van der Waals surface area contributed by atoms with Crippen LogP contribution < -0.4 is 5.32 Å². The van der Waals surface area contributed by atoms with Crippen LogP contribution in [0.1, 0.15) is 37.9 Å². The number of aromatic nitrogens is 2. The van der Waals surface area contributed by atoms with Crippen LogP contribution in [-0.4, -0.2) is 66.4 Å². The Morgan fingerprint density at radius 2 is 2.07 bits per heavy atom. The van der Waals surface area contributed by atoms with Crippen LogP contribution in [0.15, 0.2) is 41.5 Å². The molecule has 2 aliphatic rings. The summed E-state index contributed by atoms with van der Waals surface area (Å²) in [5, 5.41) is 3.44. The van der Waals surface area contributed by atoms with E-state index >= 15 is 0 Å². The monoisotopic (exact) mass is 411 g/mol. The maximum absolute atomic E-state index is 6.13. The van der Waals surface area contributed by atoms with Crippen LogP contribution >= 0.6 is 0 Å². The van der Waals surface area contributed by atoms with Crippen LogP contribution in [0.4, 0.5) is 0 Å². The zero-order chi connectivity index (χ0) is 20.6. The lowest BCUT2D eigenvalue weighted by atomic mass is 10.1. The van der Waals surface area contributed by atoms with Crippen molar-refractivity contribution >= 4 is 5.96 Å². The molecular formula is C23H33N5O2. The highest BCUT2D eigenvalue weighted by atomic mass is 16.5. The Labute approximate surface area is 178 Å². The largest absolute Gasteiger partial charge is 0.376 e. The second-order valence-electron chi connectivity index (χ2n) is 8.02. The van der Waals surface area contributed by atoms with Crippen molar-refractivity contribution in [3.8, 4) is 11.3 Å².